The Bertz CT molecular complexity index is 1280. The minimum absolute atomic E-state index is 0.0353. The van der Waals surface area contributed by atoms with Gasteiger partial charge >= 0.3 is 11.9 Å². The molecule has 0 saturated heterocycles. The Balaban J connectivity index is 4.37. The van der Waals surface area contributed by atoms with E-state index in [0.717, 1.165) is 89.9 Å². The van der Waals surface area contributed by atoms with Gasteiger partial charge in [-0.05, 0) is 96.3 Å². The van der Waals surface area contributed by atoms with E-state index in [-0.39, 0.29) is 25.2 Å². The lowest BCUT2D eigenvalue weighted by molar-refractivity contribution is -0.162. The molecule has 0 fully saturated rings. The van der Waals surface area contributed by atoms with Crippen molar-refractivity contribution in [3.63, 3.8) is 0 Å². The molecule has 0 aliphatic heterocycles. The van der Waals surface area contributed by atoms with Crippen LogP contribution in [0.15, 0.2) is 109 Å². The maximum absolute atomic E-state index is 12.8. The molecule has 0 spiro atoms. The van der Waals surface area contributed by atoms with Gasteiger partial charge in [-0.15, -0.1) is 0 Å². The van der Waals surface area contributed by atoms with Crippen LogP contribution in [0.1, 0.15) is 226 Å². The minimum atomic E-state index is -0.578. The van der Waals surface area contributed by atoms with Gasteiger partial charge in [0.1, 0.15) is 6.61 Å². The molecule has 0 aromatic heterocycles. The van der Waals surface area contributed by atoms with Gasteiger partial charge in [-0.25, -0.2) is 0 Å². The van der Waals surface area contributed by atoms with Gasteiger partial charge in [-0.2, -0.15) is 0 Å². The van der Waals surface area contributed by atoms with E-state index in [1.165, 1.54) is 96.3 Å². The fourth-order valence-electron chi connectivity index (χ4n) is 6.89. The van der Waals surface area contributed by atoms with E-state index in [4.69, 9.17) is 14.2 Å². The van der Waals surface area contributed by atoms with Crippen molar-refractivity contribution in [3.05, 3.63) is 109 Å². The zero-order chi connectivity index (χ0) is 46.3. The molecule has 0 bridgehead atoms. The van der Waals surface area contributed by atoms with E-state index in [9.17, 15) is 9.59 Å². The van der Waals surface area contributed by atoms with Crippen molar-refractivity contribution in [1.82, 2.24) is 0 Å². The lowest BCUT2D eigenvalue weighted by Gasteiger charge is -2.18. The van der Waals surface area contributed by atoms with E-state index in [2.05, 4.69) is 124 Å². The number of unbranched alkanes of at least 4 members (excludes halogenated alkanes) is 18. The SMILES string of the molecule is CC/C=C\C/C=C\C/C=C\C/C=C\C/C=C\C/C=C\CCC(=O)OCC(COCCCCCCCCCCCC)OC(=O)CCCCCCCC/C=C\C/C=C\C/C=C\CCCCC. The van der Waals surface area contributed by atoms with Crippen LogP contribution in [0.4, 0.5) is 0 Å². The summed E-state index contributed by atoms with van der Waals surface area (Å²) in [7, 11) is 0. The van der Waals surface area contributed by atoms with Crippen LogP contribution in [0.5, 0.6) is 0 Å². The molecule has 0 radical (unpaired) electrons. The molecular weight excluding hydrogens is 789 g/mol. The summed E-state index contributed by atoms with van der Waals surface area (Å²) in [5.41, 5.74) is 0. The molecule has 0 N–H and O–H groups in total. The number of hydrogen-bond donors (Lipinski definition) is 0. The number of ether oxygens (including phenoxy) is 3. The lowest BCUT2D eigenvalue weighted by atomic mass is 10.1. The quantitative estimate of drug-likeness (QED) is 0.0346. The van der Waals surface area contributed by atoms with Crippen LogP contribution in [-0.2, 0) is 23.8 Å². The summed E-state index contributed by atoms with van der Waals surface area (Å²) in [6, 6.07) is 0. The predicted molar refractivity (Wildman–Crippen MR) is 279 cm³/mol. The number of esters is 2. The van der Waals surface area contributed by atoms with E-state index in [1.54, 1.807) is 0 Å². The van der Waals surface area contributed by atoms with E-state index in [1.807, 2.05) is 6.08 Å². The Morgan fingerprint density at radius 2 is 0.734 bits per heavy atom. The second-order valence-corrected chi connectivity index (χ2v) is 17.0. The summed E-state index contributed by atoms with van der Waals surface area (Å²) in [4.78, 5) is 25.4. The van der Waals surface area contributed by atoms with Gasteiger partial charge in [0.2, 0.25) is 0 Å². The Labute approximate surface area is 395 Å². The first-order chi connectivity index (χ1) is 31.6. The van der Waals surface area contributed by atoms with E-state index in [0.29, 0.717) is 25.9 Å². The Morgan fingerprint density at radius 1 is 0.359 bits per heavy atom. The fraction of sp³-hybridized carbons (Fsp3) is 0.661. The molecule has 364 valence electrons. The molecule has 0 aromatic carbocycles. The maximum atomic E-state index is 12.8. The molecule has 5 nitrogen and oxygen atoms in total. The van der Waals surface area contributed by atoms with Gasteiger partial charge in [0.25, 0.3) is 0 Å². The normalized spacial score (nSPS) is 13.1. The zero-order valence-corrected chi connectivity index (χ0v) is 41.8. The van der Waals surface area contributed by atoms with Crippen LogP contribution in [-0.4, -0.2) is 37.9 Å². The topological polar surface area (TPSA) is 61.8 Å². The molecule has 0 aliphatic rings. The highest BCUT2D eigenvalue weighted by molar-refractivity contribution is 5.70. The summed E-state index contributed by atoms with van der Waals surface area (Å²) >= 11 is 0. The third kappa shape index (κ3) is 51.2. The van der Waals surface area contributed by atoms with Gasteiger partial charge < -0.3 is 14.2 Å². The standard InChI is InChI=1S/C59H98O5/c1-4-7-10-13-16-19-22-24-26-28-30-32-34-36-38-40-43-46-49-52-58(60)63-56-57(55-62-54-51-48-45-42-21-18-15-12-9-6-3)64-59(61)53-50-47-44-41-39-37-35-33-31-29-27-25-23-20-17-14-11-8-5-2/h7,10,16-17,19-20,24-27,30-33,36,38,43,46,57H,4-6,8-9,11-15,18,21-23,28-29,34-35,37,39-42,44-45,47-56H2,1-3H3/b10-7-,19-16-,20-17-,26-24-,27-25-,32-30-,33-31-,38-36-,46-43-. The Morgan fingerprint density at radius 3 is 1.22 bits per heavy atom. The summed E-state index contributed by atoms with van der Waals surface area (Å²) < 4.78 is 17.3. The first-order valence-electron chi connectivity index (χ1n) is 26.4. The van der Waals surface area contributed by atoms with Crippen molar-refractivity contribution in [3.8, 4) is 0 Å². The number of rotatable bonds is 47. The van der Waals surface area contributed by atoms with Gasteiger partial charge in [-0.1, -0.05) is 226 Å². The molecule has 1 atom stereocenters. The number of hydrogen-bond acceptors (Lipinski definition) is 5. The van der Waals surface area contributed by atoms with Crippen LogP contribution < -0.4 is 0 Å². The molecule has 64 heavy (non-hydrogen) atoms. The molecule has 0 saturated carbocycles. The smallest absolute Gasteiger partial charge is 0.306 e. The Hall–Kier alpha value is -3.44. The largest absolute Gasteiger partial charge is 0.462 e. The highest BCUT2D eigenvalue weighted by atomic mass is 16.6. The second kappa shape index (κ2) is 53.9. The highest BCUT2D eigenvalue weighted by Gasteiger charge is 2.17. The van der Waals surface area contributed by atoms with E-state index < -0.39 is 6.10 Å². The molecule has 0 rings (SSSR count). The summed E-state index contributed by atoms with van der Waals surface area (Å²) in [6.45, 7) is 7.58. The molecule has 0 aliphatic carbocycles. The lowest BCUT2D eigenvalue weighted by Crippen LogP contribution is -2.30. The van der Waals surface area contributed by atoms with Crippen LogP contribution >= 0.6 is 0 Å². The van der Waals surface area contributed by atoms with Crippen molar-refractivity contribution < 1.29 is 23.8 Å². The van der Waals surface area contributed by atoms with Crippen LogP contribution in [0.25, 0.3) is 0 Å². The number of carbonyl (C=O) groups excluding carboxylic acids is 2. The average Bonchev–Trinajstić information content (AvgIpc) is 3.30. The van der Waals surface area contributed by atoms with Crippen LogP contribution in [0, 0.1) is 0 Å². The predicted octanol–water partition coefficient (Wildman–Crippen LogP) is 18.0. The molecule has 0 aromatic rings. The summed E-state index contributed by atoms with van der Waals surface area (Å²) in [5.74, 6) is -0.511. The highest BCUT2D eigenvalue weighted by Crippen LogP contribution is 2.13. The van der Waals surface area contributed by atoms with Gasteiger partial charge in [0.15, 0.2) is 6.10 Å². The molecular formula is C59H98O5. The number of allylic oxidation sites excluding steroid dienone is 18. The van der Waals surface area contributed by atoms with Crippen molar-refractivity contribution in [2.24, 2.45) is 0 Å². The maximum Gasteiger partial charge on any atom is 0.306 e. The molecule has 5 heteroatoms. The fourth-order valence-corrected chi connectivity index (χ4v) is 6.89. The average molecular weight is 887 g/mol. The van der Waals surface area contributed by atoms with Crippen molar-refractivity contribution in [2.45, 2.75) is 232 Å². The van der Waals surface area contributed by atoms with Crippen LogP contribution in [0.2, 0.25) is 0 Å². The minimum Gasteiger partial charge on any atom is -0.462 e. The van der Waals surface area contributed by atoms with Gasteiger partial charge in [-0.3, -0.25) is 9.59 Å². The van der Waals surface area contributed by atoms with Crippen molar-refractivity contribution in [2.75, 3.05) is 19.8 Å². The monoisotopic (exact) mass is 887 g/mol. The van der Waals surface area contributed by atoms with E-state index >= 15 is 0 Å². The van der Waals surface area contributed by atoms with Gasteiger partial charge in [0, 0.05) is 19.4 Å². The molecule has 0 heterocycles. The molecule has 0 amide bonds. The summed E-state index contributed by atoms with van der Waals surface area (Å²) in [5, 5.41) is 0. The third-order valence-electron chi connectivity index (χ3n) is 10.8. The Kier molecular flexibility index (Phi) is 51.0. The zero-order valence-electron chi connectivity index (χ0n) is 41.8. The van der Waals surface area contributed by atoms with Crippen molar-refractivity contribution >= 4 is 11.9 Å². The molecule has 1 unspecified atom stereocenters. The first kappa shape index (κ1) is 60.6. The second-order valence-electron chi connectivity index (χ2n) is 17.0. The van der Waals surface area contributed by atoms with Gasteiger partial charge in [0.05, 0.1) is 6.61 Å². The number of carbonyl (C=O) groups is 2. The van der Waals surface area contributed by atoms with Crippen LogP contribution in [0.3, 0.4) is 0 Å². The third-order valence-corrected chi connectivity index (χ3v) is 10.8. The summed E-state index contributed by atoms with van der Waals surface area (Å²) in [6.07, 6.45) is 73.9. The first-order valence-corrected chi connectivity index (χ1v) is 26.4. The van der Waals surface area contributed by atoms with Crippen molar-refractivity contribution in [1.29, 1.82) is 0 Å².